The molecule has 3 aromatic rings. The Morgan fingerprint density at radius 3 is 2.39 bits per heavy atom. The molecule has 0 atom stereocenters. The molecule has 2 amide bonds. The smallest absolute Gasteiger partial charge is 0.249 e. The maximum Gasteiger partial charge on any atom is 0.249 e. The Hall–Kier alpha value is -3.52. The number of nitrogens with one attached hydrogen (secondary N) is 2. The number of nitrogens with zero attached hydrogens (tertiary/aromatic N) is 1. The Balaban J connectivity index is 1.42. The van der Waals surface area contributed by atoms with Crippen molar-refractivity contribution in [3.63, 3.8) is 0 Å². The SMILES string of the molecule is O=C(CC(=O)Nc1ccccc1Br)NN=Cc1ccc(OCc2ccc(F)cc2)cc1. The average Bonchev–Trinajstić information content (AvgIpc) is 2.76. The van der Waals surface area contributed by atoms with E-state index in [1.807, 2.05) is 6.07 Å². The van der Waals surface area contributed by atoms with E-state index in [9.17, 15) is 14.0 Å². The number of ether oxygens (including phenoxy) is 1. The number of amides is 2. The number of para-hydroxylation sites is 1. The maximum absolute atomic E-state index is 12.9. The number of hydrazone groups is 1. The first-order chi connectivity index (χ1) is 15.0. The van der Waals surface area contributed by atoms with Gasteiger partial charge >= 0.3 is 0 Å². The Kier molecular flexibility index (Phi) is 7.89. The van der Waals surface area contributed by atoms with E-state index < -0.39 is 11.8 Å². The highest BCUT2D eigenvalue weighted by Gasteiger charge is 2.10. The van der Waals surface area contributed by atoms with Crippen LogP contribution in [-0.2, 0) is 16.2 Å². The minimum Gasteiger partial charge on any atom is -0.489 e. The summed E-state index contributed by atoms with van der Waals surface area (Å²) in [6.45, 7) is 0.325. The topological polar surface area (TPSA) is 79.8 Å². The molecule has 0 saturated carbocycles. The molecule has 31 heavy (non-hydrogen) atoms. The number of hydrogen-bond donors (Lipinski definition) is 2. The van der Waals surface area contributed by atoms with Gasteiger partial charge in [-0.25, -0.2) is 9.82 Å². The molecule has 0 aliphatic carbocycles. The Morgan fingerprint density at radius 2 is 1.68 bits per heavy atom. The minimum absolute atomic E-state index is 0.288. The molecule has 158 valence electrons. The van der Waals surface area contributed by atoms with Crippen molar-refractivity contribution in [2.75, 3.05) is 5.32 Å². The molecule has 0 fully saturated rings. The van der Waals surface area contributed by atoms with E-state index in [1.54, 1.807) is 54.6 Å². The molecule has 0 saturated heterocycles. The zero-order valence-electron chi connectivity index (χ0n) is 16.3. The van der Waals surface area contributed by atoms with Crippen LogP contribution in [0.5, 0.6) is 5.75 Å². The Morgan fingerprint density at radius 1 is 0.968 bits per heavy atom. The second-order valence-electron chi connectivity index (χ2n) is 6.48. The van der Waals surface area contributed by atoms with Crippen molar-refractivity contribution in [2.24, 2.45) is 5.10 Å². The number of benzene rings is 3. The molecule has 0 heterocycles. The molecule has 6 nitrogen and oxygen atoms in total. The standard InChI is InChI=1S/C23H19BrFN3O3/c24-20-3-1-2-4-21(20)27-22(29)13-23(30)28-26-14-16-7-11-19(12-8-16)31-15-17-5-9-18(25)10-6-17/h1-12,14H,13,15H2,(H,27,29)(H,28,30). The number of anilines is 1. The van der Waals surface area contributed by atoms with Crippen LogP contribution in [0.15, 0.2) is 82.4 Å². The van der Waals surface area contributed by atoms with Gasteiger partial charge in [-0.05, 0) is 75.6 Å². The molecule has 2 N–H and O–H groups in total. The third-order valence-electron chi connectivity index (χ3n) is 4.07. The van der Waals surface area contributed by atoms with Crippen LogP contribution < -0.4 is 15.5 Å². The van der Waals surface area contributed by atoms with Crippen molar-refractivity contribution in [2.45, 2.75) is 13.0 Å². The van der Waals surface area contributed by atoms with E-state index in [0.29, 0.717) is 18.0 Å². The molecule has 3 aromatic carbocycles. The summed E-state index contributed by atoms with van der Waals surface area (Å²) in [5.41, 5.74) is 4.52. The van der Waals surface area contributed by atoms with Crippen LogP contribution in [0.1, 0.15) is 17.5 Å². The quantitative estimate of drug-likeness (QED) is 0.278. The van der Waals surface area contributed by atoms with Crippen LogP contribution >= 0.6 is 15.9 Å². The van der Waals surface area contributed by atoms with Crippen molar-refractivity contribution in [3.8, 4) is 5.75 Å². The molecular weight excluding hydrogens is 465 g/mol. The highest BCUT2D eigenvalue weighted by Crippen LogP contribution is 2.21. The maximum atomic E-state index is 12.9. The summed E-state index contributed by atoms with van der Waals surface area (Å²) in [5, 5.41) is 6.51. The van der Waals surface area contributed by atoms with E-state index in [-0.39, 0.29) is 12.2 Å². The molecule has 0 radical (unpaired) electrons. The number of rotatable bonds is 8. The lowest BCUT2D eigenvalue weighted by atomic mass is 10.2. The lowest BCUT2D eigenvalue weighted by molar-refractivity contribution is -0.126. The summed E-state index contributed by atoms with van der Waals surface area (Å²) in [6.07, 6.45) is 1.11. The van der Waals surface area contributed by atoms with Crippen molar-refractivity contribution >= 4 is 39.6 Å². The Bertz CT molecular complexity index is 1070. The van der Waals surface area contributed by atoms with Gasteiger partial charge in [-0.15, -0.1) is 0 Å². The van der Waals surface area contributed by atoms with Crippen LogP contribution in [0.4, 0.5) is 10.1 Å². The summed E-state index contributed by atoms with van der Waals surface area (Å²) in [4.78, 5) is 23.8. The lowest BCUT2D eigenvalue weighted by Gasteiger charge is -2.07. The van der Waals surface area contributed by atoms with Gasteiger partial charge in [-0.1, -0.05) is 24.3 Å². The fraction of sp³-hybridized carbons (Fsp3) is 0.0870. The summed E-state index contributed by atoms with van der Waals surface area (Å²) in [6, 6.07) is 20.3. The second-order valence-corrected chi connectivity index (χ2v) is 7.34. The summed E-state index contributed by atoms with van der Waals surface area (Å²) >= 11 is 3.33. The number of carbonyl (C=O) groups excluding carboxylic acids is 2. The highest BCUT2D eigenvalue weighted by molar-refractivity contribution is 9.10. The van der Waals surface area contributed by atoms with Crippen molar-refractivity contribution < 1.29 is 18.7 Å². The van der Waals surface area contributed by atoms with Crippen LogP contribution in [0.25, 0.3) is 0 Å². The number of carbonyl (C=O) groups is 2. The zero-order chi connectivity index (χ0) is 22.1. The van der Waals surface area contributed by atoms with Gasteiger partial charge in [0.2, 0.25) is 11.8 Å². The van der Waals surface area contributed by atoms with Gasteiger partial charge in [0.25, 0.3) is 0 Å². The summed E-state index contributed by atoms with van der Waals surface area (Å²) in [5.74, 6) is -0.610. The first-order valence-electron chi connectivity index (χ1n) is 9.33. The van der Waals surface area contributed by atoms with Gasteiger partial charge in [0.15, 0.2) is 0 Å². The Labute approximate surface area is 187 Å². The van der Waals surface area contributed by atoms with Gasteiger partial charge in [-0.2, -0.15) is 5.10 Å². The molecule has 0 unspecified atom stereocenters. The van der Waals surface area contributed by atoms with Crippen LogP contribution in [0.2, 0.25) is 0 Å². The normalized spacial score (nSPS) is 10.6. The predicted molar refractivity (Wildman–Crippen MR) is 120 cm³/mol. The van der Waals surface area contributed by atoms with Crippen molar-refractivity contribution in [1.29, 1.82) is 0 Å². The molecule has 3 rings (SSSR count). The first kappa shape index (κ1) is 22.2. The molecule has 8 heteroatoms. The first-order valence-corrected chi connectivity index (χ1v) is 10.1. The third-order valence-corrected chi connectivity index (χ3v) is 4.76. The van der Waals surface area contributed by atoms with Gasteiger partial charge in [-0.3, -0.25) is 9.59 Å². The molecule has 0 aliphatic rings. The number of halogens is 2. The lowest BCUT2D eigenvalue weighted by Crippen LogP contribution is -2.24. The monoisotopic (exact) mass is 483 g/mol. The second kappa shape index (κ2) is 11.0. The van der Waals surface area contributed by atoms with Gasteiger partial charge in [0.1, 0.15) is 24.6 Å². The van der Waals surface area contributed by atoms with E-state index in [4.69, 9.17) is 4.74 Å². The minimum atomic E-state index is -0.528. The van der Waals surface area contributed by atoms with Crippen molar-refractivity contribution in [3.05, 3.63) is 94.2 Å². The van der Waals surface area contributed by atoms with Gasteiger partial charge < -0.3 is 10.1 Å². The van der Waals surface area contributed by atoms with Crippen LogP contribution in [-0.4, -0.2) is 18.0 Å². The average molecular weight is 484 g/mol. The van der Waals surface area contributed by atoms with Crippen LogP contribution in [0.3, 0.4) is 0 Å². The molecular formula is C23H19BrFN3O3. The van der Waals surface area contributed by atoms with Crippen LogP contribution in [0, 0.1) is 5.82 Å². The van der Waals surface area contributed by atoms with E-state index in [2.05, 4.69) is 31.8 Å². The van der Waals surface area contributed by atoms with Gasteiger partial charge in [0, 0.05) is 4.47 Å². The van der Waals surface area contributed by atoms with E-state index >= 15 is 0 Å². The fourth-order valence-corrected chi connectivity index (χ4v) is 2.90. The number of hydrogen-bond acceptors (Lipinski definition) is 4. The molecule has 0 aliphatic heterocycles. The van der Waals surface area contributed by atoms with Gasteiger partial charge in [0.05, 0.1) is 11.9 Å². The molecule has 0 spiro atoms. The highest BCUT2D eigenvalue weighted by atomic mass is 79.9. The van der Waals surface area contributed by atoms with E-state index in [0.717, 1.165) is 15.6 Å². The van der Waals surface area contributed by atoms with Crippen molar-refractivity contribution in [1.82, 2.24) is 5.43 Å². The largest absolute Gasteiger partial charge is 0.489 e. The third kappa shape index (κ3) is 7.35. The molecule has 0 aromatic heterocycles. The summed E-state index contributed by atoms with van der Waals surface area (Å²) in [7, 11) is 0. The van der Waals surface area contributed by atoms with E-state index in [1.165, 1.54) is 18.3 Å². The summed E-state index contributed by atoms with van der Waals surface area (Å²) < 4.78 is 19.3. The predicted octanol–water partition coefficient (Wildman–Crippen LogP) is 4.65. The fourth-order valence-electron chi connectivity index (χ4n) is 2.52. The zero-order valence-corrected chi connectivity index (χ0v) is 17.9. The molecule has 0 bridgehead atoms.